The van der Waals surface area contributed by atoms with E-state index in [2.05, 4.69) is 33.9 Å². The Balaban J connectivity index is 2.95. The van der Waals surface area contributed by atoms with Gasteiger partial charge in [-0.3, -0.25) is 4.79 Å². The first-order chi connectivity index (χ1) is 7.20. The molecule has 1 rings (SSSR count). The van der Waals surface area contributed by atoms with E-state index in [4.69, 9.17) is 0 Å². The Morgan fingerprint density at radius 1 is 1.31 bits per heavy atom. The highest BCUT2D eigenvalue weighted by Crippen LogP contribution is 2.53. The van der Waals surface area contributed by atoms with Gasteiger partial charge in [0.05, 0.1) is 0 Å². The van der Waals surface area contributed by atoms with E-state index in [1.54, 1.807) is 6.92 Å². The largest absolute Gasteiger partial charge is 0.300 e. The van der Waals surface area contributed by atoms with E-state index in [0.29, 0.717) is 6.42 Å². The van der Waals surface area contributed by atoms with Crippen LogP contribution in [0, 0.1) is 10.8 Å². The average Bonchev–Trinajstić information content (AvgIpc) is 2.13. The fourth-order valence-corrected chi connectivity index (χ4v) is 2.82. The summed E-state index contributed by atoms with van der Waals surface area (Å²) in [5, 5.41) is 0. The zero-order valence-electron chi connectivity index (χ0n) is 11.2. The molecule has 0 amide bonds. The molecule has 0 heterocycles. The molecule has 0 bridgehead atoms. The smallest absolute Gasteiger partial charge is 0.133 e. The number of carbonyl (C=O) groups excluding carboxylic acids is 1. The van der Waals surface area contributed by atoms with Gasteiger partial charge in [-0.2, -0.15) is 0 Å². The number of hydrogen-bond donors (Lipinski definition) is 0. The maximum atomic E-state index is 11.2. The van der Waals surface area contributed by atoms with Crippen LogP contribution in [0.15, 0.2) is 24.3 Å². The predicted octanol–water partition coefficient (Wildman–Crippen LogP) is 4.29. The first-order valence-electron chi connectivity index (χ1n) is 6.08. The molecule has 0 spiro atoms. The topological polar surface area (TPSA) is 17.1 Å². The molecule has 0 aromatic carbocycles. The number of ketones is 1. The maximum absolute atomic E-state index is 11.2. The lowest BCUT2D eigenvalue weighted by atomic mass is 9.58. The third-order valence-corrected chi connectivity index (χ3v) is 4.20. The molecule has 0 aromatic rings. The van der Waals surface area contributed by atoms with Gasteiger partial charge in [-0.1, -0.05) is 51.5 Å². The van der Waals surface area contributed by atoms with Gasteiger partial charge in [0.2, 0.25) is 0 Å². The van der Waals surface area contributed by atoms with Gasteiger partial charge in [0.15, 0.2) is 0 Å². The Morgan fingerprint density at radius 3 is 2.38 bits per heavy atom. The molecule has 0 radical (unpaired) electrons. The molecule has 0 saturated heterocycles. The molecule has 0 aliphatic heterocycles. The number of hydrogen-bond acceptors (Lipinski definition) is 1. The fourth-order valence-electron chi connectivity index (χ4n) is 2.82. The van der Waals surface area contributed by atoms with Gasteiger partial charge in [-0.05, 0) is 25.2 Å². The predicted molar refractivity (Wildman–Crippen MR) is 69.3 cm³/mol. The van der Waals surface area contributed by atoms with E-state index in [1.165, 1.54) is 18.4 Å². The van der Waals surface area contributed by atoms with Crippen LogP contribution in [0.5, 0.6) is 0 Å². The van der Waals surface area contributed by atoms with Crippen molar-refractivity contribution in [1.82, 2.24) is 0 Å². The Morgan fingerprint density at radius 2 is 1.88 bits per heavy atom. The van der Waals surface area contributed by atoms with Gasteiger partial charge in [-0.25, -0.2) is 0 Å². The normalized spacial score (nSPS) is 28.9. The van der Waals surface area contributed by atoms with Gasteiger partial charge in [0.1, 0.15) is 5.78 Å². The molecule has 1 fully saturated rings. The summed E-state index contributed by atoms with van der Waals surface area (Å²) in [7, 11) is 0. The summed E-state index contributed by atoms with van der Waals surface area (Å²) in [5.41, 5.74) is 2.41. The van der Waals surface area contributed by atoms with Crippen molar-refractivity contribution in [3.05, 3.63) is 24.3 Å². The van der Waals surface area contributed by atoms with Gasteiger partial charge in [-0.15, -0.1) is 0 Å². The molecule has 0 aromatic heterocycles. The average molecular weight is 220 g/mol. The number of Topliss-reactive ketones (excluding diaryl/α,β-unsaturated/α-hetero) is 1. The SMILES string of the molecule is C=C(CC(C)=O)C1(C)CCCC(C)(C)C1=C. The minimum Gasteiger partial charge on any atom is -0.300 e. The highest BCUT2D eigenvalue weighted by atomic mass is 16.1. The summed E-state index contributed by atoms with van der Waals surface area (Å²) in [6, 6.07) is 0. The molecule has 1 unspecified atom stereocenters. The molecular formula is C15H24O. The number of carbonyl (C=O) groups is 1. The summed E-state index contributed by atoms with van der Waals surface area (Å²) >= 11 is 0. The summed E-state index contributed by atoms with van der Waals surface area (Å²) in [5.74, 6) is 0.197. The second-order valence-electron chi connectivity index (χ2n) is 6.03. The van der Waals surface area contributed by atoms with Gasteiger partial charge < -0.3 is 0 Å². The number of allylic oxidation sites excluding steroid dienone is 2. The first-order valence-corrected chi connectivity index (χ1v) is 6.08. The Kier molecular flexibility index (Phi) is 3.47. The molecular weight excluding hydrogens is 196 g/mol. The lowest BCUT2D eigenvalue weighted by molar-refractivity contribution is -0.116. The maximum Gasteiger partial charge on any atom is 0.133 e. The molecule has 1 aliphatic rings. The highest BCUT2D eigenvalue weighted by molar-refractivity contribution is 5.78. The van der Waals surface area contributed by atoms with Crippen LogP contribution in [-0.2, 0) is 4.79 Å². The minimum absolute atomic E-state index is 0.0482. The van der Waals surface area contributed by atoms with E-state index in [-0.39, 0.29) is 16.6 Å². The minimum atomic E-state index is -0.0482. The fraction of sp³-hybridized carbons (Fsp3) is 0.667. The summed E-state index contributed by atoms with van der Waals surface area (Å²) in [4.78, 5) is 11.2. The zero-order valence-corrected chi connectivity index (χ0v) is 11.2. The van der Waals surface area contributed by atoms with E-state index < -0.39 is 0 Å². The quantitative estimate of drug-likeness (QED) is 0.648. The summed E-state index contributed by atoms with van der Waals surface area (Å²) in [6.45, 7) is 16.7. The van der Waals surface area contributed by atoms with Crippen molar-refractivity contribution in [2.24, 2.45) is 10.8 Å². The van der Waals surface area contributed by atoms with Crippen LogP contribution in [0.3, 0.4) is 0 Å². The van der Waals surface area contributed by atoms with E-state index >= 15 is 0 Å². The van der Waals surface area contributed by atoms with Crippen LogP contribution in [0.4, 0.5) is 0 Å². The molecule has 16 heavy (non-hydrogen) atoms. The molecule has 1 aliphatic carbocycles. The van der Waals surface area contributed by atoms with Crippen LogP contribution < -0.4 is 0 Å². The molecule has 1 heteroatoms. The van der Waals surface area contributed by atoms with E-state index in [0.717, 1.165) is 12.0 Å². The van der Waals surface area contributed by atoms with E-state index in [1.807, 2.05) is 0 Å². The number of rotatable bonds is 3. The van der Waals surface area contributed by atoms with Gasteiger partial charge in [0.25, 0.3) is 0 Å². The Bertz CT molecular complexity index is 335. The summed E-state index contributed by atoms with van der Waals surface area (Å²) in [6.07, 6.45) is 3.96. The third-order valence-electron chi connectivity index (χ3n) is 4.20. The molecule has 1 nitrogen and oxygen atoms in total. The van der Waals surface area contributed by atoms with Crippen LogP contribution >= 0.6 is 0 Å². The van der Waals surface area contributed by atoms with Crippen LogP contribution in [0.2, 0.25) is 0 Å². The van der Waals surface area contributed by atoms with Gasteiger partial charge in [0, 0.05) is 11.8 Å². The molecule has 0 N–H and O–H groups in total. The van der Waals surface area contributed by atoms with Crippen molar-refractivity contribution < 1.29 is 4.79 Å². The Labute approximate surface area is 99.6 Å². The highest BCUT2D eigenvalue weighted by Gasteiger charge is 2.41. The summed E-state index contributed by atoms with van der Waals surface area (Å²) < 4.78 is 0. The molecule has 90 valence electrons. The van der Waals surface area contributed by atoms with Crippen LogP contribution in [0.25, 0.3) is 0 Å². The molecule has 1 saturated carbocycles. The molecule has 1 atom stereocenters. The van der Waals surface area contributed by atoms with Crippen molar-refractivity contribution in [2.75, 3.05) is 0 Å². The lowest BCUT2D eigenvalue weighted by Crippen LogP contribution is -2.35. The van der Waals surface area contributed by atoms with Crippen LogP contribution in [-0.4, -0.2) is 5.78 Å². The standard InChI is InChI=1S/C15H24O/c1-11(10-12(2)16)15(6)9-7-8-14(4,5)13(15)3/h1,3,7-10H2,2,4-6H3. The van der Waals surface area contributed by atoms with Crippen molar-refractivity contribution >= 4 is 5.78 Å². The second-order valence-corrected chi connectivity index (χ2v) is 6.03. The zero-order chi connectivity index (χ0) is 12.6. The van der Waals surface area contributed by atoms with Crippen molar-refractivity contribution in [3.8, 4) is 0 Å². The monoisotopic (exact) mass is 220 g/mol. The van der Waals surface area contributed by atoms with Crippen LogP contribution in [0.1, 0.15) is 53.4 Å². The van der Waals surface area contributed by atoms with E-state index in [9.17, 15) is 4.79 Å². The second kappa shape index (κ2) is 4.20. The van der Waals surface area contributed by atoms with Crippen molar-refractivity contribution in [2.45, 2.75) is 53.4 Å². The van der Waals surface area contributed by atoms with Gasteiger partial charge >= 0.3 is 0 Å². The van der Waals surface area contributed by atoms with Crippen molar-refractivity contribution in [1.29, 1.82) is 0 Å². The first kappa shape index (κ1) is 13.2. The Hall–Kier alpha value is -0.850. The lowest BCUT2D eigenvalue weighted by Gasteiger charge is -2.46. The van der Waals surface area contributed by atoms with Crippen molar-refractivity contribution in [3.63, 3.8) is 0 Å². The third kappa shape index (κ3) is 2.28.